The van der Waals surface area contributed by atoms with Gasteiger partial charge in [0.15, 0.2) is 18.2 Å². The molecule has 2 saturated carbocycles. The van der Waals surface area contributed by atoms with Crippen molar-refractivity contribution in [1.29, 1.82) is 0 Å². The molecule has 2 atom stereocenters. The smallest absolute Gasteiger partial charge is 0.306 e. The third-order valence-electron chi connectivity index (χ3n) is 9.21. The van der Waals surface area contributed by atoms with E-state index in [-0.39, 0.29) is 54.5 Å². The van der Waals surface area contributed by atoms with E-state index >= 15 is 4.39 Å². The van der Waals surface area contributed by atoms with Crippen molar-refractivity contribution in [3.8, 4) is 11.6 Å². The number of pyridine rings is 3. The van der Waals surface area contributed by atoms with Crippen molar-refractivity contribution in [1.82, 2.24) is 20.3 Å². The van der Waals surface area contributed by atoms with Gasteiger partial charge in [0.25, 0.3) is 5.91 Å². The van der Waals surface area contributed by atoms with Crippen molar-refractivity contribution in [3.05, 3.63) is 47.5 Å². The van der Waals surface area contributed by atoms with E-state index in [2.05, 4.69) is 25.6 Å². The van der Waals surface area contributed by atoms with E-state index in [1.807, 2.05) is 12.1 Å². The van der Waals surface area contributed by atoms with Gasteiger partial charge in [-0.05, 0) is 63.1 Å². The number of anilines is 1. The number of carboxylic acid groups (broad SMARTS) is 1. The lowest BCUT2D eigenvalue weighted by atomic mass is 9.69. The molecule has 0 aromatic carbocycles. The van der Waals surface area contributed by atoms with Gasteiger partial charge in [0.1, 0.15) is 5.82 Å². The van der Waals surface area contributed by atoms with Gasteiger partial charge in [-0.2, -0.15) is 0 Å². The number of amides is 1. The summed E-state index contributed by atoms with van der Waals surface area (Å²) in [7, 11) is 0. The molecular formula is C30H33ClFN5O6. The number of ether oxygens (including phenoxy) is 3. The number of nitrogens with one attached hydrogen (secondary N) is 2. The molecule has 8 rings (SSSR count). The fraction of sp³-hybridized carbons (Fsp3) is 0.500. The quantitative estimate of drug-likeness (QED) is 0.308. The maximum Gasteiger partial charge on any atom is 0.306 e. The zero-order valence-electron chi connectivity index (χ0n) is 23.4. The summed E-state index contributed by atoms with van der Waals surface area (Å²) >= 11 is 0. The van der Waals surface area contributed by atoms with Crippen molar-refractivity contribution in [2.75, 3.05) is 25.1 Å². The van der Waals surface area contributed by atoms with Gasteiger partial charge in [-0.1, -0.05) is 0 Å². The van der Waals surface area contributed by atoms with Crippen LogP contribution in [0.3, 0.4) is 0 Å². The van der Waals surface area contributed by atoms with Gasteiger partial charge in [-0.3, -0.25) is 14.6 Å². The van der Waals surface area contributed by atoms with Gasteiger partial charge >= 0.3 is 5.97 Å². The fourth-order valence-corrected chi connectivity index (χ4v) is 6.37. The minimum atomic E-state index is -0.804. The highest BCUT2D eigenvalue weighted by molar-refractivity contribution is 5.94. The van der Waals surface area contributed by atoms with E-state index in [0.717, 1.165) is 31.4 Å². The summed E-state index contributed by atoms with van der Waals surface area (Å²) < 4.78 is 32.7. The minimum absolute atomic E-state index is 0. The van der Waals surface area contributed by atoms with Crippen LogP contribution in [0.25, 0.3) is 11.0 Å². The monoisotopic (exact) mass is 613 g/mol. The van der Waals surface area contributed by atoms with E-state index in [1.54, 1.807) is 12.1 Å². The Morgan fingerprint density at radius 3 is 2.77 bits per heavy atom. The summed E-state index contributed by atoms with van der Waals surface area (Å²) in [5, 5.41) is 15.5. The first-order valence-corrected chi connectivity index (χ1v) is 14.4. The maximum absolute atomic E-state index is 15.1. The van der Waals surface area contributed by atoms with Gasteiger partial charge in [0.2, 0.25) is 5.88 Å². The molecule has 11 nitrogen and oxygen atoms in total. The second kappa shape index (κ2) is 11.5. The molecule has 4 fully saturated rings. The van der Waals surface area contributed by atoms with Gasteiger partial charge in [0.05, 0.1) is 47.7 Å². The molecule has 3 aliphatic heterocycles. The van der Waals surface area contributed by atoms with Gasteiger partial charge in [-0.25, -0.2) is 14.4 Å². The predicted octanol–water partition coefficient (Wildman–Crippen LogP) is 3.82. The number of aliphatic carboxylic acids is 1. The van der Waals surface area contributed by atoms with Crippen LogP contribution in [0.1, 0.15) is 49.8 Å². The zero-order chi connectivity index (χ0) is 28.9. The largest absolute Gasteiger partial charge is 0.481 e. The molecule has 2 aliphatic carbocycles. The number of aryl methyl sites for hydroxylation is 1. The van der Waals surface area contributed by atoms with E-state index in [1.165, 1.54) is 6.20 Å². The van der Waals surface area contributed by atoms with Crippen LogP contribution in [0.2, 0.25) is 0 Å². The first-order valence-electron chi connectivity index (χ1n) is 14.4. The lowest BCUT2D eigenvalue weighted by Crippen LogP contribution is -2.61. The van der Waals surface area contributed by atoms with Crippen LogP contribution >= 0.6 is 12.4 Å². The Balaban J connectivity index is 0.00000329. The number of fused-ring (bicyclic) bond motifs is 5. The summed E-state index contributed by atoms with van der Waals surface area (Å²) in [6.07, 6.45) is 6.56. The van der Waals surface area contributed by atoms with Crippen LogP contribution in [0, 0.1) is 17.7 Å². The van der Waals surface area contributed by atoms with Crippen molar-refractivity contribution in [3.63, 3.8) is 0 Å². The van der Waals surface area contributed by atoms with Crippen molar-refractivity contribution in [2.24, 2.45) is 11.8 Å². The average molecular weight is 614 g/mol. The van der Waals surface area contributed by atoms with Crippen molar-refractivity contribution >= 4 is 41.1 Å². The van der Waals surface area contributed by atoms with E-state index in [0.29, 0.717) is 66.5 Å². The molecule has 43 heavy (non-hydrogen) atoms. The molecular weight excluding hydrogens is 581 g/mol. The van der Waals surface area contributed by atoms with Crippen molar-refractivity contribution < 1.29 is 33.3 Å². The van der Waals surface area contributed by atoms with Crippen LogP contribution in [-0.2, 0) is 27.3 Å². The first kappa shape index (κ1) is 29.5. The van der Waals surface area contributed by atoms with Crippen LogP contribution in [0.5, 0.6) is 11.6 Å². The SMILES string of the molecule is Cl.O=C1COc2ccc(CNC34CCC(CCc5c(F)cnc6ccc(OCC7CC7C(=O)O)nc56)(CC3)OC4)nc2N1. The van der Waals surface area contributed by atoms with E-state index < -0.39 is 11.8 Å². The molecule has 2 bridgehead atoms. The molecule has 1 amide bonds. The van der Waals surface area contributed by atoms with Crippen LogP contribution in [0.15, 0.2) is 30.5 Å². The third kappa shape index (κ3) is 5.96. The Hall–Kier alpha value is -3.61. The maximum atomic E-state index is 15.1. The Morgan fingerprint density at radius 1 is 1.19 bits per heavy atom. The summed E-state index contributed by atoms with van der Waals surface area (Å²) in [4.78, 5) is 36.0. The van der Waals surface area contributed by atoms with Gasteiger partial charge < -0.3 is 30.0 Å². The number of hydrogen-bond donors (Lipinski definition) is 3. The topological polar surface area (TPSA) is 145 Å². The first-order chi connectivity index (χ1) is 20.3. The zero-order valence-corrected chi connectivity index (χ0v) is 24.3. The lowest BCUT2D eigenvalue weighted by Gasteiger charge is -2.53. The Morgan fingerprint density at radius 2 is 2.02 bits per heavy atom. The highest BCUT2D eigenvalue weighted by atomic mass is 35.5. The molecule has 6 heterocycles. The molecule has 3 N–H and O–H groups in total. The summed E-state index contributed by atoms with van der Waals surface area (Å²) in [5.41, 5.74) is 1.89. The van der Waals surface area contributed by atoms with Crippen LogP contribution < -0.4 is 20.1 Å². The number of aromatic nitrogens is 3. The Labute approximate surface area is 253 Å². The fourth-order valence-electron chi connectivity index (χ4n) is 6.37. The highest BCUT2D eigenvalue weighted by Crippen LogP contribution is 2.46. The number of nitrogens with zero attached hydrogens (tertiary/aromatic N) is 3. The Kier molecular flexibility index (Phi) is 7.86. The molecule has 0 spiro atoms. The number of halogens is 2. The standard InChI is InChI=1S/C30H32FN5O6.ClH/c31-21-13-32-22-2-4-25(41-14-17-11-20(17)28(38)39)36-26(22)19(21)5-6-30-9-7-29(8-10-30,16-42-30)33-12-18-1-3-23-27(34-18)35-24(37)15-40-23;/h1-4,13,17,20,33H,5-12,14-16H2,(H,38,39)(H,34,35,37);1H. The lowest BCUT2D eigenvalue weighted by molar-refractivity contribution is -0.165. The van der Waals surface area contributed by atoms with Crippen molar-refractivity contribution in [2.45, 2.75) is 62.6 Å². The second-order valence-electron chi connectivity index (χ2n) is 11.9. The molecule has 3 aromatic rings. The molecule has 228 valence electrons. The predicted molar refractivity (Wildman–Crippen MR) is 155 cm³/mol. The number of rotatable bonds is 10. The number of carbonyl (C=O) groups is 2. The number of hydrogen-bond acceptors (Lipinski definition) is 9. The Bertz CT molecular complexity index is 1550. The minimum Gasteiger partial charge on any atom is -0.481 e. The van der Waals surface area contributed by atoms with Gasteiger partial charge in [0, 0.05) is 29.6 Å². The molecule has 13 heteroatoms. The highest BCUT2D eigenvalue weighted by Gasteiger charge is 2.49. The van der Waals surface area contributed by atoms with Crippen LogP contribution in [0.4, 0.5) is 10.2 Å². The number of carbonyl (C=O) groups excluding carboxylic acids is 1. The molecule has 0 radical (unpaired) electrons. The molecule has 2 saturated heterocycles. The summed E-state index contributed by atoms with van der Waals surface area (Å²) in [5.74, 6) is -0.437. The summed E-state index contributed by atoms with van der Waals surface area (Å²) in [6.45, 7) is 1.38. The van der Waals surface area contributed by atoms with Gasteiger partial charge in [-0.15, -0.1) is 12.4 Å². The summed E-state index contributed by atoms with van der Waals surface area (Å²) in [6, 6.07) is 7.17. The average Bonchev–Trinajstić information content (AvgIpc) is 3.80. The molecule has 5 aliphatic rings. The number of carboxylic acids is 1. The van der Waals surface area contributed by atoms with E-state index in [9.17, 15) is 9.59 Å². The normalized spacial score (nSPS) is 27.0. The van der Waals surface area contributed by atoms with E-state index in [4.69, 9.17) is 19.3 Å². The van der Waals surface area contributed by atoms with Crippen LogP contribution in [-0.4, -0.2) is 62.9 Å². The molecule has 3 aromatic heterocycles. The third-order valence-corrected chi connectivity index (χ3v) is 9.21. The molecule has 2 unspecified atom stereocenters. The second-order valence-corrected chi connectivity index (χ2v) is 11.9.